The fourth-order valence-electron chi connectivity index (χ4n) is 2.05. The molecule has 0 atom stereocenters. The highest BCUT2D eigenvalue weighted by Crippen LogP contribution is 2.27. The van der Waals surface area contributed by atoms with Gasteiger partial charge in [0.15, 0.2) is 0 Å². The van der Waals surface area contributed by atoms with Crippen molar-refractivity contribution in [3.05, 3.63) is 34.5 Å². The Morgan fingerprint density at radius 3 is 2.56 bits per heavy atom. The zero-order chi connectivity index (χ0) is 11.9. The van der Waals surface area contributed by atoms with Crippen molar-refractivity contribution in [2.24, 2.45) is 0 Å². The van der Waals surface area contributed by atoms with Crippen LogP contribution in [0.25, 0.3) is 10.9 Å². The maximum Gasteiger partial charge on any atom is 0.340 e. The van der Waals surface area contributed by atoms with E-state index >= 15 is 0 Å². The molecule has 3 nitrogen and oxygen atoms in total. The first kappa shape index (κ1) is 10.7. The summed E-state index contributed by atoms with van der Waals surface area (Å²) < 4.78 is 4.82. The van der Waals surface area contributed by atoms with E-state index in [1.807, 2.05) is 26.8 Å². The summed E-state index contributed by atoms with van der Waals surface area (Å²) in [6, 6.07) is 4.05. The van der Waals surface area contributed by atoms with Crippen LogP contribution in [-0.2, 0) is 4.74 Å². The second-order valence-corrected chi connectivity index (χ2v) is 4.05. The summed E-state index contributed by atoms with van der Waals surface area (Å²) in [6.07, 6.45) is 0. The number of methoxy groups -OCH3 is 1. The first-order chi connectivity index (χ1) is 7.56. The summed E-state index contributed by atoms with van der Waals surface area (Å²) in [6.45, 7) is 5.95. The molecule has 2 rings (SSSR count). The highest BCUT2D eigenvalue weighted by molar-refractivity contribution is 6.07. The normalized spacial score (nSPS) is 10.8. The molecule has 0 aliphatic heterocycles. The van der Waals surface area contributed by atoms with Crippen molar-refractivity contribution in [1.82, 2.24) is 4.98 Å². The van der Waals surface area contributed by atoms with E-state index < -0.39 is 0 Å². The Hall–Kier alpha value is -1.77. The van der Waals surface area contributed by atoms with Crippen LogP contribution in [0.15, 0.2) is 12.1 Å². The van der Waals surface area contributed by atoms with Gasteiger partial charge in [0.05, 0.1) is 12.7 Å². The van der Waals surface area contributed by atoms with E-state index in [0.29, 0.717) is 5.56 Å². The molecule has 2 aromatic rings. The third-order valence-electron chi connectivity index (χ3n) is 3.07. The van der Waals surface area contributed by atoms with Gasteiger partial charge in [-0.25, -0.2) is 4.79 Å². The second kappa shape index (κ2) is 3.67. The van der Waals surface area contributed by atoms with Gasteiger partial charge in [-0.1, -0.05) is 6.07 Å². The molecule has 0 saturated heterocycles. The summed E-state index contributed by atoms with van der Waals surface area (Å²) >= 11 is 0. The molecule has 0 aliphatic rings. The van der Waals surface area contributed by atoms with Crippen LogP contribution in [0.5, 0.6) is 0 Å². The van der Waals surface area contributed by atoms with Gasteiger partial charge >= 0.3 is 5.97 Å². The molecule has 0 bridgehead atoms. The van der Waals surface area contributed by atoms with Gasteiger partial charge in [-0.3, -0.25) is 0 Å². The Balaban J connectivity index is 2.86. The zero-order valence-corrected chi connectivity index (χ0v) is 9.97. The van der Waals surface area contributed by atoms with Crippen molar-refractivity contribution < 1.29 is 9.53 Å². The lowest BCUT2D eigenvalue weighted by molar-refractivity contribution is 0.0602. The van der Waals surface area contributed by atoms with Crippen molar-refractivity contribution in [3.63, 3.8) is 0 Å². The van der Waals surface area contributed by atoms with Crippen molar-refractivity contribution in [1.29, 1.82) is 0 Å². The maximum absolute atomic E-state index is 11.7. The molecule has 84 valence electrons. The average molecular weight is 217 g/mol. The second-order valence-electron chi connectivity index (χ2n) is 4.05. The minimum absolute atomic E-state index is 0.280. The molecule has 0 spiro atoms. The van der Waals surface area contributed by atoms with Gasteiger partial charge in [-0.2, -0.15) is 0 Å². The van der Waals surface area contributed by atoms with Crippen LogP contribution in [0.2, 0.25) is 0 Å². The number of fused-ring (bicyclic) bond motifs is 1. The highest BCUT2D eigenvalue weighted by atomic mass is 16.5. The Bertz CT molecular complexity index is 567. The summed E-state index contributed by atoms with van der Waals surface area (Å²) in [4.78, 5) is 14.9. The molecule has 0 amide bonds. The molecule has 1 heterocycles. The van der Waals surface area contributed by atoms with Crippen molar-refractivity contribution in [2.45, 2.75) is 20.8 Å². The van der Waals surface area contributed by atoms with Crippen LogP contribution in [0.4, 0.5) is 0 Å². The number of ether oxygens (including phenoxy) is 1. The minimum atomic E-state index is -0.280. The largest absolute Gasteiger partial charge is 0.465 e. The minimum Gasteiger partial charge on any atom is -0.465 e. The van der Waals surface area contributed by atoms with Crippen LogP contribution in [0.3, 0.4) is 0 Å². The maximum atomic E-state index is 11.7. The van der Waals surface area contributed by atoms with Gasteiger partial charge in [0.1, 0.15) is 0 Å². The Kier molecular flexibility index (Phi) is 2.46. The van der Waals surface area contributed by atoms with E-state index in [1.165, 1.54) is 12.7 Å². The standard InChI is InChI=1S/C13H15NO2/c1-7-5-6-10-11(8(7)2)12(9(3)14-10)13(15)16-4/h5-6,14H,1-4H3. The molecule has 1 aromatic heterocycles. The number of hydrogen-bond donors (Lipinski definition) is 1. The van der Waals surface area contributed by atoms with E-state index in [1.54, 1.807) is 0 Å². The van der Waals surface area contributed by atoms with Crippen LogP contribution < -0.4 is 0 Å². The lowest BCUT2D eigenvalue weighted by atomic mass is 10.0. The van der Waals surface area contributed by atoms with Crippen LogP contribution in [-0.4, -0.2) is 18.1 Å². The average Bonchev–Trinajstić information content (AvgIpc) is 2.60. The predicted molar refractivity (Wildman–Crippen MR) is 63.8 cm³/mol. The quantitative estimate of drug-likeness (QED) is 0.746. The summed E-state index contributed by atoms with van der Waals surface area (Å²) in [5, 5.41) is 0.976. The Morgan fingerprint density at radius 1 is 1.25 bits per heavy atom. The fraction of sp³-hybridized carbons (Fsp3) is 0.308. The van der Waals surface area contributed by atoms with Gasteiger partial charge in [0.2, 0.25) is 0 Å². The van der Waals surface area contributed by atoms with Crippen molar-refractivity contribution in [2.75, 3.05) is 7.11 Å². The molecule has 0 aliphatic carbocycles. The molecule has 0 unspecified atom stereocenters. The van der Waals surface area contributed by atoms with Crippen LogP contribution >= 0.6 is 0 Å². The number of aromatic nitrogens is 1. The number of H-pyrrole nitrogens is 1. The summed E-state index contributed by atoms with van der Waals surface area (Å²) in [7, 11) is 1.41. The molecule has 0 fully saturated rings. The Labute approximate surface area is 94.4 Å². The summed E-state index contributed by atoms with van der Waals surface area (Å²) in [5.41, 5.74) is 4.80. The topological polar surface area (TPSA) is 42.1 Å². The lowest BCUT2D eigenvalue weighted by Gasteiger charge is -2.04. The highest BCUT2D eigenvalue weighted by Gasteiger charge is 2.18. The fourth-order valence-corrected chi connectivity index (χ4v) is 2.05. The first-order valence-corrected chi connectivity index (χ1v) is 5.23. The van der Waals surface area contributed by atoms with E-state index in [4.69, 9.17) is 4.74 Å². The predicted octanol–water partition coefficient (Wildman–Crippen LogP) is 2.88. The molecule has 0 saturated carbocycles. The number of nitrogens with one attached hydrogen (secondary N) is 1. The third kappa shape index (κ3) is 1.40. The van der Waals surface area contributed by atoms with Gasteiger partial charge in [0.25, 0.3) is 0 Å². The van der Waals surface area contributed by atoms with Crippen molar-refractivity contribution >= 4 is 16.9 Å². The van der Waals surface area contributed by atoms with Gasteiger partial charge in [-0.15, -0.1) is 0 Å². The summed E-state index contributed by atoms with van der Waals surface area (Å²) in [5.74, 6) is -0.280. The number of rotatable bonds is 1. The molecule has 0 radical (unpaired) electrons. The SMILES string of the molecule is COC(=O)c1c(C)[nH]c2ccc(C)c(C)c12. The number of carbonyl (C=O) groups excluding carboxylic acids is 1. The molecule has 1 N–H and O–H groups in total. The molecule has 1 aromatic carbocycles. The molecule has 16 heavy (non-hydrogen) atoms. The Morgan fingerprint density at radius 2 is 1.94 bits per heavy atom. The van der Waals surface area contributed by atoms with Crippen molar-refractivity contribution in [3.8, 4) is 0 Å². The zero-order valence-electron chi connectivity index (χ0n) is 9.97. The van der Waals surface area contributed by atoms with Crippen LogP contribution in [0.1, 0.15) is 27.2 Å². The van der Waals surface area contributed by atoms with E-state index in [0.717, 1.165) is 22.2 Å². The van der Waals surface area contributed by atoms with Crippen LogP contribution in [0, 0.1) is 20.8 Å². The van der Waals surface area contributed by atoms with E-state index in [2.05, 4.69) is 11.1 Å². The first-order valence-electron chi connectivity index (χ1n) is 5.23. The van der Waals surface area contributed by atoms with Gasteiger partial charge in [-0.05, 0) is 38.0 Å². The van der Waals surface area contributed by atoms with E-state index in [9.17, 15) is 4.79 Å². The number of hydrogen-bond acceptors (Lipinski definition) is 2. The smallest absolute Gasteiger partial charge is 0.340 e. The number of esters is 1. The molecule has 3 heteroatoms. The lowest BCUT2D eigenvalue weighted by Crippen LogP contribution is -2.02. The number of aryl methyl sites for hydroxylation is 3. The van der Waals surface area contributed by atoms with E-state index in [-0.39, 0.29) is 5.97 Å². The number of benzene rings is 1. The monoisotopic (exact) mass is 217 g/mol. The van der Waals surface area contributed by atoms with Gasteiger partial charge in [0, 0.05) is 16.6 Å². The number of carbonyl (C=O) groups is 1. The molecular weight excluding hydrogens is 202 g/mol. The number of aromatic amines is 1. The third-order valence-corrected chi connectivity index (χ3v) is 3.07. The molecular formula is C13H15NO2. The van der Waals surface area contributed by atoms with Gasteiger partial charge < -0.3 is 9.72 Å².